The predicted octanol–water partition coefficient (Wildman–Crippen LogP) is 2.00. The Morgan fingerprint density at radius 1 is 1.67 bits per heavy atom. The molecule has 0 atom stereocenters. The number of carboxylic acids is 1. The maximum Gasteiger partial charge on any atom is 0.339 e. The van der Waals surface area contributed by atoms with E-state index in [2.05, 4.69) is 5.10 Å². The average Bonchev–Trinajstić information content (AvgIpc) is 2.78. The third kappa shape index (κ3) is 1.92. The summed E-state index contributed by atoms with van der Waals surface area (Å²) in [5.41, 5.74) is 0.961. The fraction of sp³-hybridized carbons (Fsp3) is 0.200. The molecule has 0 aliphatic carbocycles. The van der Waals surface area contributed by atoms with Crippen LogP contribution in [0.4, 0.5) is 0 Å². The Kier molecular flexibility index (Phi) is 2.55. The SMILES string of the molecule is Cc1c(C(=O)O)cnn1Cc1cccs1. The van der Waals surface area contributed by atoms with Gasteiger partial charge in [0.15, 0.2) is 0 Å². The summed E-state index contributed by atoms with van der Waals surface area (Å²) in [5.74, 6) is -0.926. The van der Waals surface area contributed by atoms with Crippen molar-refractivity contribution in [3.63, 3.8) is 0 Å². The quantitative estimate of drug-likeness (QED) is 0.864. The van der Waals surface area contributed by atoms with Crippen LogP contribution in [0.1, 0.15) is 20.9 Å². The highest BCUT2D eigenvalue weighted by atomic mass is 32.1. The molecule has 5 heteroatoms. The van der Waals surface area contributed by atoms with Crippen LogP contribution in [0.2, 0.25) is 0 Å². The Morgan fingerprint density at radius 2 is 2.47 bits per heavy atom. The second kappa shape index (κ2) is 3.86. The predicted molar refractivity (Wildman–Crippen MR) is 57.3 cm³/mol. The minimum atomic E-state index is -0.926. The number of rotatable bonds is 3. The second-order valence-corrected chi connectivity index (χ2v) is 4.22. The molecule has 0 fully saturated rings. The molecule has 0 radical (unpaired) electrons. The number of thiophene rings is 1. The van der Waals surface area contributed by atoms with Crippen LogP contribution in [-0.2, 0) is 6.54 Å². The van der Waals surface area contributed by atoms with Crippen LogP contribution in [0.3, 0.4) is 0 Å². The molecule has 1 N–H and O–H groups in total. The normalized spacial score (nSPS) is 10.5. The number of hydrogen-bond donors (Lipinski definition) is 1. The fourth-order valence-corrected chi connectivity index (χ4v) is 2.05. The van der Waals surface area contributed by atoms with Crippen molar-refractivity contribution in [2.75, 3.05) is 0 Å². The summed E-state index contributed by atoms with van der Waals surface area (Å²) in [6, 6.07) is 3.98. The zero-order valence-electron chi connectivity index (χ0n) is 8.17. The molecule has 0 aromatic carbocycles. The highest BCUT2D eigenvalue weighted by Crippen LogP contribution is 2.13. The lowest BCUT2D eigenvalue weighted by molar-refractivity contribution is 0.0696. The minimum Gasteiger partial charge on any atom is -0.478 e. The molecule has 0 saturated carbocycles. The van der Waals surface area contributed by atoms with E-state index in [1.807, 2.05) is 17.5 Å². The zero-order valence-corrected chi connectivity index (χ0v) is 8.99. The molecule has 2 aromatic rings. The molecule has 15 heavy (non-hydrogen) atoms. The molecule has 0 aliphatic heterocycles. The molecular weight excluding hydrogens is 212 g/mol. The van der Waals surface area contributed by atoms with E-state index in [0.717, 1.165) is 4.88 Å². The van der Waals surface area contributed by atoms with Gasteiger partial charge in [-0.15, -0.1) is 11.3 Å². The summed E-state index contributed by atoms with van der Waals surface area (Å²) >= 11 is 1.64. The second-order valence-electron chi connectivity index (χ2n) is 3.19. The van der Waals surface area contributed by atoms with Crippen LogP contribution in [0.15, 0.2) is 23.7 Å². The Balaban J connectivity index is 2.27. The summed E-state index contributed by atoms with van der Waals surface area (Å²) in [4.78, 5) is 12.0. The minimum absolute atomic E-state index is 0.270. The maximum absolute atomic E-state index is 10.8. The first-order valence-corrected chi connectivity index (χ1v) is 5.34. The standard InChI is InChI=1S/C10H10N2O2S/c1-7-9(10(13)14)5-11-12(7)6-8-3-2-4-15-8/h2-5H,6H2,1H3,(H,13,14). The van der Waals surface area contributed by atoms with Gasteiger partial charge < -0.3 is 5.11 Å². The first-order valence-electron chi connectivity index (χ1n) is 4.46. The van der Waals surface area contributed by atoms with E-state index in [1.165, 1.54) is 6.20 Å². The average molecular weight is 222 g/mol. The van der Waals surface area contributed by atoms with Gasteiger partial charge in [-0.05, 0) is 18.4 Å². The Labute approximate surface area is 90.8 Å². The van der Waals surface area contributed by atoms with Crippen molar-refractivity contribution >= 4 is 17.3 Å². The van der Waals surface area contributed by atoms with Crippen LogP contribution >= 0.6 is 11.3 Å². The molecule has 0 bridgehead atoms. The number of carbonyl (C=O) groups is 1. The molecule has 0 unspecified atom stereocenters. The van der Waals surface area contributed by atoms with Crippen LogP contribution in [-0.4, -0.2) is 20.9 Å². The van der Waals surface area contributed by atoms with E-state index in [1.54, 1.807) is 22.9 Å². The Morgan fingerprint density at radius 3 is 3.00 bits per heavy atom. The highest BCUT2D eigenvalue weighted by Gasteiger charge is 2.12. The number of aromatic carboxylic acids is 1. The lowest BCUT2D eigenvalue weighted by Crippen LogP contribution is -2.04. The van der Waals surface area contributed by atoms with Crippen molar-refractivity contribution in [1.82, 2.24) is 9.78 Å². The van der Waals surface area contributed by atoms with Crippen molar-refractivity contribution in [2.45, 2.75) is 13.5 Å². The molecule has 2 rings (SSSR count). The van der Waals surface area contributed by atoms with Gasteiger partial charge >= 0.3 is 5.97 Å². The lowest BCUT2D eigenvalue weighted by Gasteiger charge is -2.01. The Hall–Kier alpha value is -1.62. The van der Waals surface area contributed by atoms with Gasteiger partial charge in [-0.3, -0.25) is 4.68 Å². The van der Waals surface area contributed by atoms with Gasteiger partial charge in [0.25, 0.3) is 0 Å². The van der Waals surface area contributed by atoms with E-state index in [0.29, 0.717) is 12.2 Å². The highest BCUT2D eigenvalue weighted by molar-refractivity contribution is 7.09. The van der Waals surface area contributed by atoms with Crippen LogP contribution in [0.25, 0.3) is 0 Å². The number of carboxylic acid groups (broad SMARTS) is 1. The molecule has 2 heterocycles. The van der Waals surface area contributed by atoms with Crippen LogP contribution < -0.4 is 0 Å². The fourth-order valence-electron chi connectivity index (χ4n) is 1.37. The molecule has 0 aliphatic rings. The van der Waals surface area contributed by atoms with Crippen molar-refractivity contribution < 1.29 is 9.90 Å². The smallest absolute Gasteiger partial charge is 0.339 e. The Bertz CT molecular complexity index is 474. The van der Waals surface area contributed by atoms with E-state index in [-0.39, 0.29) is 5.56 Å². The van der Waals surface area contributed by atoms with Crippen molar-refractivity contribution in [2.24, 2.45) is 0 Å². The van der Waals surface area contributed by atoms with Gasteiger partial charge in [0, 0.05) is 4.88 Å². The van der Waals surface area contributed by atoms with Gasteiger partial charge in [0.05, 0.1) is 18.4 Å². The first-order chi connectivity index (χ1) is 7.18. The first kappa shape index (κ1) is 9.92. The third-order valence-electron chi connectivity index (χ3n) is 2.22. The molecule has 0 saturated heterocycles. The van der Waals surface area contributed by atoms with E-state index >= 15 is 0 Å². The molecule has 0 amide bonds. The summed E-state index contributed by atoms with van der Waals surface area (Å²) < 4.78 is 1.70. The largest absolute Gasteiger partial charge is 0.478 e. The van der Waals surface area contributed by atoms with Gasteiger partial charge in [0.1, 0.15) is 5.56 Å². The molecule has 2 aromatic heterocycles. The topological polar surface area (TPSA) is 55.1 Å². The van der Waals surface area contributed by atoms with Crippen LogP contribution in [0, 0.1) is 6.92 Å². The van der Waals surface area contributed by atoms with E-state index in [9.17, 15) is 4.79 Å². The third-order valence-corrected chi connectivity index (χ3v) is 3.08. The molecular formula is C10H10N2O2S. The van der Waals surface area contributed by atoms with Gasteiger partial charge in [-0.1, -0.05) is 6.07 Å². The summed E-state index contributed by atoms with van der Waals surface area (Å²) in [6.07, 6.45) is 1.39. The van der Waals surface area contributed by atoms with Crippen molar-refractivity contribution in [3.05, 3.63) is 39.8 Å². The zero-order chi connectivity index (χ0) is 10.8. The van der Waals surface area contributed by atoms with Crippen LogP contribution in [0.5, 0.6) is 0 Å². The number of nitrogens with zero attached hydrogens (tertiary/aromatic N) is 2. The van der Waals surface area contributed by atoms with Gasteiger partial charge in [-0.2, -0.15) is 5.10 Å². The van der Waals surface area contributed by atoms with E-state index < -0.39 is 5.97 Å². The number of hydrogen-bond acceptors (Lipinski definition) is 3. The van der Waals surface area contributed by atoms with Gasteiger partial charge in [0.2, 0.25) is 0 Å². The monoisotopic (exact) mass is 222 g/mol. The van der Waals surface area contributed by atoms with Crippen molar-refractivity contribution in [1.29, 1.82) is 0 Å². The van der Waals surface area contributed by atoms with Crippen molar-refractivity contribution in [3.8, 4) is 0 Å². The summed E-state index contributed by atoms with van der Waals surface area (Å²) in [5, 5.41) is 14.9. The maximum atomic E-state index is 10.8. The molecule has 0 spiro atoms. The summed E-state index contributed by atoms with van der Waals surface area (Å²) in [7, 11) is 0. The lowest BCUT2D eigenvalue weighted by atomic mass is 10.3. The summed E-state index contributed by atoms with van der Waals surface area (Å²) in [6.45, 7) is 2.40. The molecule has 78 valence electrons. The molecule has 4 nitrogen and oxygen atoms in total. The number of aromatic nitrogens is 2. The van der Waals surface area contributed by atoms with Gasteiger partial charge in [-0.25, -0.2) is 4.79 Å². The van der Waals surface area contributed by atoms with E-state index in [4.69, 9.17) is 5.11 Å².